The molecule has 90 valence electrons. The van der Waals surface area contributed by atoms with Crippen molar-refractivity contribution >= 4 is 5.78 Å². The fourth-order valence-electron chi connectivity index (χ4n) is 1.45. The van der Waals surface area contributed by atoms with Crippen molar-refractivity contribution in [1.29, 1.82) is 0 Å². The Kier molecular flexibility index (Phi) is 11.1. The molecule has 1 fully saturated rings. The van der Waals surface area contributed by atoms with Gasteiger partial charge in [0.05, 0.1) is 0 Å². The van der Waals surface area contributed by atoms with E-state index in [4.69, 9.17) is 0 Å². The van der Waals surface area contributed by atoms with Crippen LogP contribution >= 0.6 is 0 Å². The molecule has 1 aliphatic rings. The largest absolute Gasteiger partial charge is 0.300 e. The van der Waals surface area contributed by atoms with Crippen molar-refractivity contribution in [3.8, 4) is 0 Å². The van der Waals surface area contributed by atoms with Crippen molar-refractivity contribution in [3.05, 3.63) is 36.4 Å². The van der Waals surface area contributed by atoms with Gasteiger partial charge < -0.3 is 4.79 Å². The summed E-state index contributed by atoms with van der Waals surface area (Å²) in [5, 5.41) is 0. The van der Waals surface area contributed by atoms with E-state index in [-0.39, 0.29) is 5.78 Å². The van der Waals surface area contributed by atoms with E-state index in [9.17, 15) is 4.79 Å². The number of hydrogen-bond acceptors (Lipinski definition) is 1. The molecule has 1 saturated carbocycles. The summed E-state index contributed by atoms with van der Waals surface area (Å²) in [6.45, 7) is 3.06. The Bertz CT molecular complexity index is 195. The minimum Gasteiger partial charge on any atom is -0.300 e. The second kappa shape index (κ2) is 12.0. The summed E-state index contributed by atoms with van der Waals surface area (Å²) in [6, 6.07) is 12.0. The zero-order valence-corrected chi connectivity index (χ0v) is 10.6. The van der Waals surface area contributed by atoms with Crippen LogP contribution in [0.5, 0.6) is 0 Å². The molecule has 0 atom stereocenters. The zero-order chi connectivity index (χ0) is 12.1. The first-order valence-corrected chi connectivity index (χ1v) is 6.20. The maximum atomic E-state index is 9.44. The third-order valence-electron chi connectivity index (χ3n) is 2.17. The van der Waals surface area contributed by atoms with Gasteiger partial charge in [0, 0.05) is 0 Å². The maximum Gasteiger partial charge on any atom is 0.126 e. The van der Waals surface area contributed by atoms with E-state index in [2.05, 4.69) is 0 Å². The fourth-order valence-corrected chi connectivity index (χ4v) is 1.45. The van der Waals surface area contributed by atoms with Crippen molar-refractivity contribution in [1.82, 2.24) is 0 Å². The summed E-state index contributed by atoms with van der Waals surface area (Å²) >= 11 is 0. The molecule has 0 aromatic heterocycles. The number of benzene rings is 1. The number of rotatable bonds is 0. The molecule has 0 unspecified atom stereocenters. The molecule has 1 aliphatic carbocycles. The summed E-state index contributed by atoms with van der Waals surface area (Å²) in [7, 11) is 0. The lowest BCUT2D eigenvalue weighted by Gasteiger charge is -2.05. The average molecular weight is 220 g/mol. The highest BCUT2D eigenvalue weighted by Gasteiger charge is 1.95. The Morgan fingerprint density at radius 1 is 0.625 bits per heavy atom. The Balaban J connectivity index is 0.000000217. The van der Waals surface area contributed by atoms with E-state index < -0.39 is 0 Å². The molecule has 0 aliphatic heterocycles. The Labute approximate surface area is 99.9 Å². The predicted molar refractivity (Wildman–Crippen MR) is 70.5 cm³/mol. The lowest BCUT2D eigenvalue weighted by molar-refractivity contribution is -0.114. The van der Waals surface area contributed by atoms with Gasteiger partial charge in [-0.1, -0.05) is 74.9 Å². The summed E-state index contributed by atoms with van der Waals surface area (Å²) in [4.78, 5) is 9.44. The molecule has 16 heavy (non-hydrogen) atoms. The summed E-state index contributed by atoms with van der Waals surface area (Å²) < 4.78 is 0. The van der Waals surface area contributed by atoms with Crippen LogP contribution in [0.1, 0.15) is 52.4 Å². The first-order valence-electron chi connectivity index (χ1n) is 6.20. The quantitative estimate of drug-likeness (QED) is 0.623. The third kappa shape index (κ3) is 15.4. The van der Waals surface area contributed by atoms with Crippen molar-refractivity contribution in [2.75, 3.05) is 0 Å². The number of carbonyl (C=O) groups excluding carboxylic acids is 1. The molecule has 0 N–H and O–H groups in total. The normalized spacial score (nSPS) is 13.6. The van der Waals surface area contributed by atoms with Gasteiger partial charge in [0.15, 0.2) is 0 Å². The first-order chi connectivity index (χ1) is 7.73. The number of Topliss-reactive ketones (excluding diaryl/α,β-unsaturated/α-hetero) is 1. The summed E-state index contributed by atoms with van der Waals surface area (Å²) in [5.74, 6) is 0.167. The van der Waals surface area contributed by atoms with Crippen molar-refractivity contribution < 1.29 is 4.79 Å². The Morgan fingerprint density at radius 3 is 0.875 bits per heavy atom. The molecule has 0 radical (unpaired) electrons. The van der Waals surface area contributed by atoms with E-state index in [0.717, 1.165) is 0 Å². The van der Waals surface area contributed by atoms with E-state index in [1.807, 2.05) is 36.4 Å². The van der Waals surface area contributed by atoms with Gasteiger partial charge in [0.2, 0.25) is 0 Å². The third-order valence-corrected chi connectivity index (χ3v) is 2.17. The Morgan fingerprint density at radius 2 is 0.750 bits per heavy atom. The lowest BCUT2D eigenvalue weighted by atomic mass is 10.0. The minimum atomic E-state index is 0.167. The second-order valence-electron chi connectivity index (χ2n) is 4.18. The molecule has 1 aromatic carbocycles. The number of hydrogen-bond donors (Lipinski definition) is 0. The van der Waals surface area contributed by atoms with Crippen LogP contribution in [-0.2, 0) is 4.79 Å². The molecule has 2 rings (SSSR count). The molecule has 1 aromatic rings. The van der Waals surface area contributed by atoms with Crippen LogP contribution in [0.15, 0.2) is 36.4 Å². The van der Waals surface area contributed by atoms with E-state index in [1.165, 1.54) is 52.4 Å². The van der Waals surface area contributed by atoms with Gasteiger partial charge in [-0.05, 0) is 13.8 Å². The molecule has 0 amide bonds. The van der Waals surface area contributed by atoms with Crippen molar-refractivity contribution in [2.45, 2.75) is 52.4 Å². The van der Waals surface area contributed by atoms with Gasteiger partial charge in [-0.15, -0.1) is 0 Å². The highest BCUT2D eigenvalue weighted by Crippen LogP contribution is 2.15. The highest BCUT2D eigenvalue weighted by molar-refractivity contribution is 5.72. The first kappa shape index (κ1) is 14.9. The molecule has 1 nitrogen and oxygen atoms in total. The van der Waals surface area contributed by atoms with Crippen LogP contribution < -0.4 is 0 Å². The van der Waals surface area contributed by atoms with Gasteiger partial charge in [-0.3, -0.25) is 0 Å². The second-order valence-corrected chi connectivity index (χ2v) is 4.18. The molecule has 0 saturated heterocycles. The fraction of sp³-hybridized carbons (Fsp3) is 0.533. The van der Waals surface area contributed by atoms with E-state index >= 15 is 0 Å². The zero-order valence-electron chi connectivity index (χ0n) is 10.6. The lowest BCUT2D eigenvalue weighted by Crippen LogP contribution is -1.85. The molecule has 0 bridgehead atoms. The van der Waals surface area contributed by atoms with Crippen LogP contribution in [0.2, 0.25) is 0 Å². The predicted octanol–water partition coefficient (Wildman–Crippen LogP) is 4.62. The van der Waals surface area contributed by atoms with E-state index in [0.29, 0.717) is 0 Å². The molecule has 0 spiro atoms. The van der Waals surface area contributed by atoms with Crippen LogP contribution in [0, 0.1) is 0 Å². The Hall–Kier alpha value is -1.11. The monoisotopic (exact) mass is 220 g/mol. The minimum absolute atomic E-state index is 0.167. The van der Waals surface area contributed by atoms with Gasteiger partial charge in [0.25, 0.3) is 0 Å². The van der Waals surface area contributed by atoms with Crippen LogP contribution in [0.4, 0.5) is 0 Å². The summed E-state index contributed by atoms with van der Waals surface area (Å²) in [6.07, 6.45) is 9.00. The number of ketones is 1. The molecule has 0 heterocycles. The van der Waals surface area contributed by atoms with Crippen molar-refractivity contribution in [2.24, 2.45) is 0 Å². The van der Waals surface area contributed by atoms with Gasteiger partial charge in [-0.2, -0.15) is 0 Å². The topological polar surface area (TPSA) is 17.1 Å². The van der Waals surface area contributed by atoms with Crippen molar-refractivity contribution in [3.63, 3.8) is 0 Å². The smallest absolute Gasteiger partial charge is 0.126 e. The molecule has 1 heteroatoms. The standard InChI is InChI=1S/C6H12.C6H6.C3H6O/c2*1-2-4-6-5-3-1;1-3(2)4/h1-6H2;1-6H;1-2H3. The van der Waals surface area contributed by atoms with E-state index in [1.54, 1.807) is 0 Å². The van der Waals surface area contributed by atoms with Gasteiger partial charge in [0.1, 0.15) is 5.78 Å². The maximum absolute atomic E-state index is 9.44. The van der Waals surface area contributed by atoms with Crippen LogP contribution in [-0.4, -0.2) is 5.78 Å². The molecular weight excluding hydrogens is 196 g/mol. The highest BCUT2D eigenvalue weighted by atomic mass is 16.1. The SMILES string of the molecule is C1CCCCC1.CC(C)=O.c1ccccc1. The summed E-state index contributed by atoms with van der Waals surface area (Å²) in [5.41, 5.74) is 0. The van der Waals surface area contributed by atoms with Gasteiger partial charge >= 0.3 is 0 Å². The van der Waals surface area contributed by atoms with Gasteiger partial charge in [-0.25, -0.2) is 0 Å². The number of carbonyl (C=O) groups is 1. The van der Waals surface area contributed by atoms with Crippen LogP contribution in [0.25, 0.3) is 0 Å². The molecular formula is C15H24O. The van der Waals surface area contributed by atoms with Crippen LogP contribution in [0.3, 0.4) is 0 Å². The average Bonchev–Trinajstić information content (AvgIpc) is 2.34.